The lowest BCUT2D eigenvalue weighted by molar-refractivity contribution is 0.00343. The molecular formula is C13H23N3OS. The zero-order valence-corrected chi connectivity index (χ0v) is 12.1. The number of nitrogens with zero attached hydrogens (tertiary/aromatic N) is 2. The van der Waals surface area contributed by atoms with E-state index in [1.54, 1.807) is 0 Å². The summed E-state index contributed by atoms with van der Waals surface area (Å²) in [6.45, 7) is 6.03. The summed E-state index contributed by atoms with van der Waals surface area (Å²) in [5.41, 5.74) is 0.965. The fourth-order valence-electron chi connectivity index (χ4n) is 2.40. The molecule has 1 aliphatic carbocycles. The fourth-order valence-corrected chi connectivity index (χ4v) is 3.00. The molecule has 0 aromatic carbocycles. The van der Waals surface area contributed by atoms with Gasteiger partial charge in [-0.25, -0.2) is 0 Å². The summed E-state index contributed by atoms with van der Waals surface area (Å²) < 4.78 is 9.99. The van der Waals surface area contributed by atoms with Crippen molar-refractivity contribution >= 4 is 16.5 Å². The van der Waals surface area contributed by atoms with E-state index in [1.165, 1.54) is 37.2 Å². The zero-order valence-electron chi connectivity index (χ0n) is 11.3. The Morgan fingerprint density at radius 2 is 2.33 bits per heavy atom. The highest BCUT2D eigenvalue weighted by atomic mass is 32.1. The Morgan fingerprint density at radius 3 is 3.11 bits per heavy atom. The van der Waals surface area contributed by atoms with E-state index >= 15 is 0 Å². The summed E-state index contributed by atoms with van der Waals surface area (Å²) in [5.74, 6) is 0.801. The third kappa shape index (κ3) is 3.92. The van der Waals surface area contributed by atoms with Gasteiger partial charge in [-0.1, -0.05) is 31.2 Å². The highest BCUT2D eigenvalue weighted by molar-refractivity contribution is 7.10. The minimum atomic E-state index is 0.412. The van der Waals surface area contributed by atoms with Gasteiger partial charge in [0.15, 0.2) is 0 Å². The minimum absolute atomic E-state index is 0.412. The molecule has 1 aromatic rings. The highest BCUT2D eigenvalue weighted by Crippen LogP contribution is 2.27. The molecule has 1 saturated carbocycles. The average Bonchev–Trinajstić information content (AvgIpc) is 2.81. The fraction of sp³-hybridized carbons (Fsp3) is 0.846. The van der Waals surface area contributed by atoms with Gasteiger partial charge in [-0.15, -0.1) is 5.10 Å². The molecule has 1 fully saturated rings. The van der Waals surface area contributed by atoms with Gasteiger partial charge in [0.1, 0.15) is 10.7 Å². The van der Waals surface area contributed by atoms with Crippen LogP contribution in [0.2, 0.25) is 0 Å². The first-order valence-electron chi connectivity index (χ1n) is 6.96. The number of ether oxygens (including phenoxy) is 1. The van der Waals surface area contributed by atoms with Crippen molar-refractivity contribution in [2.24, 2.45) is 5.92 Å². The van der Waals surface area contributed by atoms with Crippen LogP contribution in [0.25, 0.3) is 0 Å². The summed E-state index contributed by atoms with van der Waals surface area (Å²) in [6, 6.07) is 0. The van der Waals surface area contributed by atoms with E-state index in [9.17, 15) is 0 Å². The molecule has 0 spiro atoms. The number of anilines is 1. The molecule has 4 nitrogen and oxygen atoms in total. The molecule has 0 radical (unpaired) electrons. The van der Waals surface area contributed by atoms with Gasteiger partial charge in [0, 0.05) is 18.1 Å². The Kier molecular flexibility index (Phi) is 5.38. The number of nitrogens with one attached hydrogen (secondary N) is 1. The van der Waals surface area contributed by atoms with Crippen LogP contribution < -0.4 is 5.32 Å². The summed E-state index contributed by atoms with van der Waals surface area (Å²) in [4.78, 5) is 0. The molecule has 1 heterocycles. The molecule has 2 unspecified atom stereocenters. The van der Waals surface area contributed by atoms with Gasteiger partial charge in [0.05, 0.1) is 12.7 Å². The number of rotatable bonds is 6. The normalized spacial score (nSPS) is 24.1. The van der Waals surface area contributed by atoms with E-state index in [0.717, 1.165) is 29.6 Å². The van der Waals surface area contributed by atoms with Crippen LogP contribution >= 0.6 is 11.5 Å². The third-order valence-corrected chi connectivity index (χ3v) is 4.16. The summed E-state index contributed by atoms with van der Waals surface area (Å²) in [7, 11) is 0. The van der Waals surface area contributed by atoms with Crippen molar-refractivity contribution in [1.29, 1.82) is 0 Å². The van der Waals surface area contributed by atoms with Gasteiger partial charge in [-0.05, 0) is 25.2 Å². The molecule has 0 amide bonds. The topological polar surface area (TPSA) is 47.0 Å². The summed E-state index contributed by atoms with van der Waals surface area (Å²) >= 11 is 1.42. The van der Waals surface area contributed by atoms with E-state index in [2.05, 4.69) is 28.8 Å². The number of hydrogen-bond acceptors (Lipinski definition) is 5. The highest BCUT2D eigenvalue weighted by Gasteiger charge is 2.20. The number of hydrogen-bond donors (Lipinski definition) is 1. The van der Waals surface area contributed by atoms with E-state index < -0.39 is 0 Å². The van der Waals surface area contributed by atoms with Crippen LogP contribution in [0.3, 0.4) is 0 Å². The van der Waals surface area contributed by atoms with Crippen LogP contribution in [0.4, 0.5) is 5.00 Å². The second-order valence-electron chi connectivity index (χ2n) is 5.18. The van der Waals surface area contributed by atoms with Crippen molar-refractivity contribution in [2.45, 2.75) is 58.7 Å². The molecule has 2 rings (SSSR count). The summed E-state index contributed by atoms with van der Waals surface area (Å²) in [6.07, 6.45) is 6.55. The molecule has 102 valence electrons. The maximum atomic E-state index is 5.98. The SMILES string of the molecule is CCCNc1snnc1COC1CCCC(C)C1. The lowest BCUT2D eigenvalue weighted by Gasteiger charge is -2.26. The van der Waals surface area contributed by atoms with Crippen LogP contribution in [0.5, 0.6) is 0 Å². The first-order chi connectivity index (χ1) is 8.79. The quantitative estimate of drug-likeness (QED) is 0.859. The van der Waals surface area contributed by atoms with Crippen molar-refractivity contribution in [1.82, 2.24) is 9.59 Å². The van der Waals surface area contributed by atoms with Gasteiger partial charge < -0.3 is 10.1 Å². The van der Waals surface area contributed by atoms with Crippen molar-refractivity contribution in [2.75, 3.05) is 11.9 Å². The third-order valence-electron chi connectivity index (χ3n) is 3.44. The molecule has 1 N–H and O–H groups in total. The minimum Gasteiger partial charge on any atom is -0.374 e. The predicted molar refractivity (Wildman–Crippen MR) is 74.9 cm³/mol. The number of aromatic nitrogens is 2. The van der Waals surface area contributed by atoms with Gasteiger partial charge in [0.25, 0.3) is 0 Å². The van der Waals surface area contributed by atoms with Crippen molar-refractivity contribution < 1.29 is 4.74 Å². The smallest absolute Gasteiger partial charge is 0.135 e. The maximum Gasteiger partial charge on any atom is 0.135 e. The van der Waals surface area contributed by atoms with Crippen LogP contribution in [-0.4, -0.2) is 22.2 Å². The van der Waals surface area contributed by atoms with Crippen LogP contribution in [-0.2, 0) is 11.3 Å². The van der Waals surface area contributed by atoms with Crippen molar-refractivity contribution in [3.63, 3.8) is 0 Å². The van der Waals surface area contributed by atoms with Gasteiger partial charge in [0.2, 0.25) is 0 Å². The standard InChI is InChI=1S/C13H23N3OS/c1-3-7-14-13-12(15-16-18-13)9-17-11-6-4-5-10(2)8-11/h10-11,14H,3-9H2,1-2H3. The Morgan fingerprint density at radius 1 is 1.44 bits per heavy atom. The largest absolute Gasteiger partial charge is 0.374 e. The second kappa shape index (κ2) is 7.04. The molecule has 1 aliphatic rings. The maximum absolute atomic E-state index is 5.98. The molecule has 0 aliphatic heterocycles. The molecule has 1 aromatic heterocycles. The summed E-state index contributed by atoms with van der Waals surface area (Å²) in [5, 5.41) is 8.58. The Hall–Kier alpha value is -0.680. The molecular weight excluding hydrogens is 246 g/mol. The van der Waals surface area contributed by atoms with E-state index in [0.29, 0.717) is 12.7 Å². The Balaban J connectivity index is 1.80. The second-order valence-corrected chi connectivity index (χ2v) is 5.93. The predicted octanol–water partition coefficient (Wildman–Crippen LogP) is 3.46. The van der Waals surface area contributed by atoms with Crippen LogP contribution in [0, 0.1) is 5.92 Å². The van der Waals surface area contributed by atoms with Crippen molar-refractivity contribution in [3.8, 4) is 0 Å². The van der Waals surface area contributed by atoms with Crippen LogP contribution in [0.15, 0.2) is 0 Å². The van der Waals surface area contributed by atoms with E-state index in [4.69, 9.17) is 4.74 Å². The monoisotopic (exact) mass is 269 g/mol. The van der Waals surface area contributed by atoms with Gasteiger partial charge >= 0.3 is 0 Å². The molecule has 0 bridgehead atoms. The molecule has 18 heavy (non-hydrogen) atoms. The Labute approximate surface area is 113 Å². The first kappa shape index (κ1) is 13.7. The van der Waals surface area contributed by atoms with E-state index in [-0.39, 0.29) is 0 Å². The van der Waals surface area contributed by atoms with Gasteiger partial charge in [-0.2, -0.15) is 0 Å². The van der Waals surface area contributed by atoms with Crippen LogP contribution in [0.1, 0.15) is 51.6 Å². The van der Waals surface area contributed by atoms with E-state index in [1.807, 2.05) is 0 Å². The first-order valence-corrected chi connectivity index (χ1v) is 7.73. The average molecular weight is 269 g/mol. The molecule has 2 atom stereocenters. The van der Waals surface area contributed by atoms with Crippen molar-refractivity contribution in [3.05, 3.63) is 5.69 Å². The molecule has 0 saturated heterocycles. The lowest BCUT2D eigenvalue weighted by Crippen LogP contribution is -2.21. The lowest BCUT2D eigenvalue weighted by atomic mass is 9.89. The van der Waals surface area contributed by atoms with Gasteiger partial charge in [-0.3, -0.25) is 0 Å². The zero-order chi connectivity index (χ0) is 12.8. The molecule has 5 heteroatoms. The Bertz CT molecular complexity index is 356.